The molecule has 0 fully saturated rings. The second-order valence-electron chi connectivity index (χ2n) is 5.56. The summed E-state index contributed by atoms with van der Waals surface area (Å²) < 4.78 is 4.68. The van der Waals surface area contributed by atoms with Gasteiger partial charge in [0.1, 0.15) is 0 Å². The van der Waals surface area contributed by atoms with Gasteiger partial charge in [0.2, 0.25) is 5.91 Å². The summed E-state index contributed by atoms with van der Waals surface area (Å²) in [7, 11) is 0. The van der Waals surface area contributed by atoms with E-state index in [9.17, 15) is 14.4 Å². The lowest BCUT2D eigenvalue weighted by molar-refractivity contribution is -0.152. The van der Waals surface area contributed by atoms with Crippen LogP contribution in [0.25, 0.3) is 0 Å². The summed E-state index contributed by atoms with van der Waals surface area (Å²) in [6.45, 7) is 4.42. The molecule has 116 valence electrons. The number of benzene rings is 1. The molecule has 1 atom stereocenters. The van der Waals surface area contributed by atoms with E-state index in [4.69, 9.17) is 0 Å². The summed E-state index contributed by atoms with van der Waals surface area (Å²) in [5.74, 6) is -1.81. The molecule has 0 saturated heterocycles. The third-order valence-corrected chi connectivity index (χ3v) is 4.14. The van der Waals surface area contributed by atoms with Crippen molar-refractivity contribution in [3.05, 3.63) is 23.3 Å². The number of esters is 1. The molecule has 2 aliphatic heterocycles. The first-order chi connectivity index (χ1) is 10.5. The third-order valence-electron chi connectivity index (χ3n) is 4.14. The van der Waals surface area contributed by atoms with E-state index in [0.717, 1.165) is 36.2 Å². The Kier molecular flexibility index (Phi) is 3.60. The molecule has 0 saturated carbocycles. The van der Waals surface area contributed by atoms with Gasteiger partial charge in [0, 0.05) is 12.2 Å². The Balaban J connectivity index is 1.92. The lowest BCUT2D eigenvalue weighted by Crippen LogP contribution is -2.32. The second kappa shape index (κ2) is 5.44. The third kappa shape index (κ3) is 2.24. The van der Waals surface area contributed by atoms with Crippen LogP contribution in [0.4, 0.5) is 11.4 Å². The fourth-order valence-corrected chi connectivity index (χ4v) is 3.15. The van der Waals surface area contributed by atoms with Gasteiger partial charge in [-0.2, -0.15) is 0 Å². The van der Waals surface area contributed by atoms with E-state index in [1.807, 2.05) is 17.9 Å². The minimum Gasteiger partial charge on any atom is -0.459 e. The van der Waals surface area contributed by atoms with Crippen LogP contribution in [-0.2, 0) is 25.5 Å². The van der Waals surface area contributed by atoms with Crippen LogP contribution >= 0.6 is 0 Å². The van der Waals surface area contributed by atoms with Gasteiger partial charge >= 0.3 is 11.9 Å². The lowest BCUT2D eigenvalue weighted by Gasteiger charge is -2.26. The van der Waals surface area contributed by atoms with E-state index in [0.29, 0.717) is 5.69 Å². The number of amides is 2. The van der Waals surface area contributed by atoms with Gasteiger partial charge in [-0.15, -0.1) is 0 Å². The summed E-state index contributed by atoms with van der Waals surface area (Å²) in [5.41, 5.74) is 3.48. The molecule has 22 heavy (non-hydrogen) atoms. The summed E-state index contributed by atoms with van der Waals surface area (Å²) >= 11 is 0. The number of anilines is 2. The molecule has 2 amide bonds. The molecule has 2 aliphatic rings. The Morgan fingerprint density at radius 3 is 2.91 bits per heavy atom. The van der Waals surface area contributed by atoms with Gasteiger partial charge in [-0.3, -0.25) is 9.59 Å². The van der Waals surface area contributed by atoms with Crippen LogP contribution in [0.1, 0.15) is 37.3 Å². The molecule has 2 heterocycles. The highest BCUT2D eigenvalue weighted by molar-refractivity contribution is 6.37. The molecule has 1 N–H and O–H groups in total. The Morgan fingerprint density at radius 1 is 1.41 bits per heavy atom. The van der Waals surface area contributed by atoms with Gasteiger partial charge in [-0.25, -0.2) is 4.79 Å². The number of nitrogens with zero attached hydrogens (tertiary/aromatic N) is 1. The van der Waals surface area contributed by atoms with Crippen molar-refractivity contribution >= 4 is 29.2 Å². The SMILES string of the molecule is CCOC(=O)C(=O)Nc1cc2c3c(c1)C(C)C(=O)N3CCC2. The number of nitrogens with one attached hydrogen (secondary N) is 1. The van der Waals surface area contributed by atoms with Crippen LogP contribution < -0.4 is 10.2 Å². The number of hydrogen-bond donors (Lipinski definition) is 1. The van der Waals surface area contributed by atoms with Crippen LogP contribution in [0.2, 0.25) is 0 Å². The van der Waals surface area contributed by atoms with Crippen molar-refractivity contribution in [2.24, 2.45) is 0 Å². The van der Waals surface area contributed by atoms with Crippen LogP contribution in [-0.4, -0.2) is 30.9 Å². The van der Waals surface area contributed by atoms with E-state index < -0.39 is 11.9 Å². The van der Waals surface area contributed by atoms with Crippen LogP contribution in [0.15, 0.2) is 12.1 Å². The van der Waals surface area contributed by atoms with Crippen molar-refractivity contribution in [1.29, 1.82) is 0 Å². The van der Waals surface area contributed by atoms with Crippen molar-refractivity contribution in [2.45, 2.75) is 32.6 Å². The summed E-state index contributed by atoms with van der Waals surface area (Å²) in [6, 6.07) is 3.62. The monoisotopic (exact) mass is 302 g/mol. The van der Waals surface area contributed by atoms with Crippen LogP contribution in [0.3, 0.4) is 0 Å². The molecule has 0 aromatic heterocycles. The van der Waals surface area contributed by atoms with E-state index in [2.05, 4.69) is 10.1 Å². The molecular formula is C16H18N2O4. The molecule has 6 heteroatoms. The van der Waals surface area contributed by atoms with E-state index in [1.54, 1.807) is 13.0 Å². The first-order valence-electron chi connectivity index (χ1n) is 7.49. The predicted octanol–water partition coefficient (Wildman–Crippen LogP) is 1.58. The molecule has 3 rings (SSSR count). The lowest BCUT2D eigenvalue weighted by atomic mass is 9.96. The molecule has 1 aromatic carbocycles. The quantitative estimate of drug-likeness (QED) is 0.665. The largest absolute Gasteiger partial charge is 0.459 e. The molecule has 0 radical (unpaired) electrons. The number of rotatable bonds is 2. The van der Waals surface area contributed by atoms with E-state index >= 15 is 0 Å². The fraction of sp³-hybridized carbons (Fsp3) is 0.438. The predicted molar refractivity (Wildman–Crippen MR) is 80.8 cm³/mol. The van der Waals surface area contributed by atoms with Gasteiger partial charge in [0.25, 0.3) is 0 Å². The second-order valence-corrected chi connectivity index (χ2v) is 5.56. The highest BCUT2D eigenvalue weighted by atomic mass is 16.5. The molecule has 1 unspecified atom stereocenters. The average Bonchev–Trinajstić information content (AvgIpc) is 2.74. The summed E-state index contributed by atoms with van der Waals surface area (Å²) in [6.07, 6.45) is 1.77. The zero-order chi connectivity index (χ0) is 15.9. The molecule has 0 bridgehead atoms. The summed E-state index contributed by atoms with van der Waals surface area (Å²) in [5, 5.41) is 2.56. The van der Waals surface area contributed by atoms with E-state index in [1.165, 1.54) is 0 Å². The first-order valence-corrected chi connectivity index (χ1v) is 7.49. The van der Waals surface area contributed by atoms with Gasteiger partial charge in [0.15, 0.2) is 0 Å². The molecular weight excluding hydrogens is 284 g/mol. The molecule has 6 nitrogen and oxygen atoms in total. The highest BCUT2D eigenvalue weighted by Gasteiger charge is 2.38. The normalized spacial score (nSPS) is 18.9. The Bertz CT molecular complexity index is 668. The number of aryl methyl sites for hydroxylation is 1. The van der Waals surface area contributed by atoms with Crippen molar-refractivity contribution in [3.63, 3.8) is 0 Å². The van der Waals surface area contributed by atoms with Gasteiger partial charge in [0.05, 0.1) is 18.2 Å². The number of carbonyl (C=O) groups excluding carboxylic acids is 3. The van der Waals surface area contributed by atoms with Crippen LogP contribution in [0.5, 0.6) is 0 Å². The molecule has 0 aliphatic carbocycles. The van der Waals surface area contributed by atoms with E-state index in [-0.39, 0.29) is 18.4 Å². The Hall–Kier alpha value is -2.37. The van der Waals surface area contributed by atoms with Crippen molar-refractivity contribution in [1.82, 2.24) is 0 Å². The highest BCUT2D eigenvalue weighted by Crippen LogP contribution is 2.44. The maximum absolute atomic E-state index is 12.3. The minimum atomic E-state index is -0.901. The number of ether oxygens (including phenoxy) is 1. The Labute approximate surface area is 128 Å². The number of hydrogen-bond acceptors (Lipinski definition) is 4. The maximum Gasteiger partial charge on any atom is 0.397 e. The fourth-order valence-electron chi connectivity index (χ4n) is 3.15. The maximum atomic E-state index is 12.3. The van der Waals surface area contributed by atoms with Gasteiger partial charge < -0.3 is 15.0 Å². The topological polar surface area (TPSA) is 75.7 Å². The smallest absolute Gasteiger partial charge is 0.397 e. The molecule has 1 aromatic rings. The van der Waals surface area contributed by atoms with Crippen LogP contribution in [0, 0.1) is 0 Å². The molecule has 0 spiro atoms. The first kappa shape index (κ1) is 14.6. The summed E-state index contributed by atoms with van der Waals surface area (Å²) in [4.78, 5) is 37.3. The minimum absolute atomic E-state index is 0.102. The zero-order valence-electron chi connectivity index (χ0n) is 12.6. The van der Waals surface area contributed by atoms with Gasteiger partial charge in [-0.1, -0.05) is 0 Å². The average molecular weight is 302 g/mol. The van der Waals surface area contributed by atoms with Crippen molar-refractivity contribution in [3.8, 4) is 0 Å². The Morgan fingerprint density at radius 2 is 2.18 bits per heavy atom. The van der Waals surface area contributed by atoms with Gasteiger partial charge in [-0.05, 0) is 49.9 Å². The number of carbonyl (C=O) groups is 3. The standard InChI is InChI=1S/C16H18N2O4/c1-3-22-16(21)14(19)17-11-7-10-5-4-6-18-13(10)12(8-11)9(2)15(18)20/h7-9H,3-6H2,1-2H3,(H,17,19). The zero-order valence-corrected chi connectivity index (χ0v) is 12.6. The van der Waals surface area contributed by atoms with Crippen molar-refractivity contribution in [2.75, 3.05) is 23.4 Å². The van der Waals surface area contributed by atoms with Crippen molar-refractivity contribution < 1.29 is 19.1 Å².